The fourth-order valence-corrected chi connectivity index (χ4v) is 3.84. The van der Waals surface area contributed by atoms with Crippen LogP contribution < -0.4 is 0 Å². The first kappa shape index (κ1) is 16.5. The molecule has 0 spiro atoms. The van der Waals surface area contributed by atoms with Crippen molar-refractivity contribution in [1.29, 1.82) is 0 Å². The number of allylic oxidation sites excluding steroid dienone is 3. The van der Waals surface area contributed by atoms with Crippen LogP contribution in [0.2, 0.25) is 0 Å². The van der Waals surface area contributed by atoms with Crippen LogP contribution in [-0.4, -0.2) is 0 Å². The van der Waals surface area contributed by atoms with Gasteiger partial charge in [0.2, 0.25) is 0 Å². The van der Waals surface area contributed by atoms with Crippen LogP contribution in [0, 0.1) is 23.7 Å². The topological polar surface area (TPSA) is 0 Å². The second-order valence-corrected chi connectivity index (χ2v) is 6.63. The van der Waals surface area contributed by atoms with Crippen LogP contribution in [0.5, 0.6) is 0 Å². The molecule has 0 heteroatoms. The van der Waals surface area contributed by atoms with Crippen LogP contribution in [0.15, 0.2) is 24.8 Å². The van der Waals surface area contributed by atoms with Gasteiger partial charge in [-0.05, 0) is 76.0 Å². The standard InChI is InChI=1S/C16H28.C3H6/c1-3-4-14-7-11-16(12-8-14)15-9-5-13(2)6-10-15;1-3-2/h3-4,13-16H,5-12H2,1-2H3;3H,1H2,2H3. The fraction of sp³-hybridized carbons (Fsp3) is 0.789. The average molecular weight is 262 g/mol. The van der Waals surface area contributed by atoms with E-state index in [4.69, 9.17) is 0 Å². The lowest BCUT2D eigenvalue weighted by Crippen LogP contribution is -2.24. The molecule has 0 heterocycles. The smallest absolute Gasteiger partial charge is 0.0233 e. The summed E-state index contributed by atoms with van der Waals surface area (Å²) in [5.41, 5.74) is 0. The molecule has 2 aliphatic carbocycles. The second-order valence-electron chi connectivity index (χ2n) is 6.63. The summed E-state index contributed by atoms with van der Waals surface area (Å²) >= 11 is 0. The van der Waals surface area contributed by atoms with Crippen molar-refractivity contribution in [3.8, 4) is 0 Å². The van der Waals surface area contributed by atoms with E-state index in [1.165, 1.54) is 51.4 Å². The van der Waals surface area contributed by atoms with Gasteiger partial charge >= 0.3 is 0 Å². The van der Waals surface area contributed by atoms with Gasteiger partial charge in [0.1, 0.15) is 0 Å². The first-order valence-electron chi connectivity index (χ1n) is 8.41. The van der Waals surface area contributed by atoms with Crippen molar-refractivity contribution in [2.45, 2.75) is 72.1 Å². The van der Waals surface area contributed by atoms with Crippen molar-refractivity contribution in [2.75, 3.05) is 0 Å². The lowest BCUT2D eigenvalue weighted by Gasteiger charge is -2.36. The molecule has 0 aromatic rings. The molecule has 0 saturated heterocycles. The largest absolute Gasteiger partial charge is 0.103 e. The molecule has 0 aromatic heterocycles. The molecule has 0 atom stereocenters. The Balaban J connectivity index is 0.000000550. The van der Waals surface area contributed by atoms with Gasteiger partial charge in [0.25, 0.3) is 0 Å². The van der Waals surface area contributed by atoms with E-state index < -0.39 is 0 Å². The van der Waals surface area contributed by atoms with E-state index in [1.807, 2.05) is 6.92 Å². The molecular weight excluding hydrogens is 228 g/mol. The van der Waals surface area contributed by atoms with Crippen LogP contribution in [0.3, 0.4) is 0 Å². The Morgan fingerprint density at radius 3 is 1.63 bits per heavy atom. The summed E-state index contributed by atoms with van der Waals surface area (Å²) in [6, 6.07) is 0. The number of hydrogen-bond acceptors (Lipinski definition) is 0. The minimum atomic E-state index is 0.906. The van der Waals surface area contributed by atoms with Crippen molar-refractivity contribution in [2.24, 2.45) is 23.7 Å². The monoisotopic (exact) mass is 262 g/mol. The Labute approximate surface area is 121 Å². The highest BCUT2D eigenvalue weighted by molar-refractivity contribution is 4.90. The molecule has 0 amide bonds. The van der Waals surface area contributed by atoms with E-state index in [9.17, 15) is 0 Å². The lowest BCUT2D eigenvalue weighted by molar-refractivity contribution is 0.160. The normalized spacial score (nSPS) is 35.5. The van der Waals surface area contributed by atoms with E-state index in [1.54, 1.807) is 6.08 Å². The number of rotatable bonds is 2. The quantitative estimate of drug-likeness (QED) is 0.506. The van der Waals surface area contributed by atoms with E-state index in [-0.39, 0.29) is 0 Å². The zero-order chi connectivity index (χ0) is 14.1. The van der Waals surface area contributed by atoms with Gasteiger partial charge in [-0.15, -0.1) is 6.58 Å². The zero-order valence-corrected chi connectivity index (χ0v) is 13.4. The summed E-state index contributed by atoms with van der Waals surface area (Å²) in [6.07, 6.45) is 18.4. The SMILES string of the molecule is C=CC.CC=CC1CCC(C2CCC(C)CC2)CC1. The Morgan fingerprint density at radius 1 is 0.789 bits per heavy atom. The zero-order valence-electron chi connectivity index (χ0n) is 13.4. The molecular formula is C19H34. The van der Waals surface area contributed by atoms with E-state index in [0.29, 0.717) is 0 Å². The van der Waals surface area contributed by atoms with Crippen molar-refractivity contribution in [3.05, 3.63) is 24.8 Å². The van der Waals surface area contributed by atoms with Crippen LogP contribution in [0.4, 0.5) is 0 Å². The Bertz CT molecular complexity index is 247. The Morgan fingerprint density at radius 2 is 1.21 bits per heavy atom. The third-order valence-electron chi connectivity index (χ3n) is 5.01. The predicted octanol–water partition coefficient (Wildman–Crippen LogP) is 6.39. The molecule has 2 aliphatic rings. The highest BCUT2D eigenvalue weighted by Gasteiger charge is 2.28. The molecule has 0 aliphatic heterocycles. The third kappa shape index (κ3) is 5.97. The first-order valence-corrected chi connectivity index (χ1v) is 8.41. The molecule has 0 radical (unpaired) electrons. The lowest BCUT2D eigenvalue weighted by atomic mass is 9.69. The third-order valence-corrected chi connectivity index (χ3v) is 5.01. The molecule has 0 N–H and O–H groups in total. The van der Waals surface area contributed by atoms with E-state index >= 15 is 0 Å². The van der Waals surface area contributed by atoms with Gasteiger partial charge in [-0.1, -0.05) is 38.0 Å². The van der Waals surface area contributed by atoms with Crippen LogP contribution >= 0.6 is 0 Å². The predicted molar refractivity (Wildman–Crippen MR) is 87.3 cm³/mol. The van der Waals surface area contributed by atoms with Gasteiger partial charge in [-0.25, -0.2) is 0 Å². The van der Waals surface area contributed by atoms with Gasteiger partial charge in [0.15, 0.2) is 0 Å². The van der Waals surface area contributed by atoms with Gasteiger partial charge in [0.05, 0.1) is 0 Å². The minimum Gasteiger partial charge on any atom is -0.103 e. The van der Waals surface area contributed by atoms with Gasteiger partial charge in [-0.3, -0.25) is 0 Å². The maximum atomic E-state index is 3.36. The summed E-state index contributed by atoms with van der Waals surface area (Å²) in [6.45, 7) is 9.84. The highest BCUT2D eigenvalue weighted by Crippen LogP contribution is 2.41. The van der Waals surface area contributed by atoms with Crippen LogP contribution in [0.1, 0.15) is 72.1 Å². The molecule has 0 bridgehead atoms. The van der Waals surface area contributed by atoms with Crippen LogP contribution in [0.25, 0.3) is 0 Å². The molecule has 2 rings (SSSR count). The van der Waals surface area contributed by atoms with Crippen LogP contribution in [-0.2, 0) is 0 Å². The molecule has 0 aromatic carbocycles. The van der Waals surface area contributed by atoms with Gasteiger partial charge < -0.3 is 0 Å². The summed E-state index contributed by atoms with van der Waals surface area (Å²) < 4.78 is 0. The molecule has 110 valence electrons. The Kier molecular flexibility index (Phi) is 8.18. The highest BCUT2D eigenvalue weighted by atomic mass is 14.3. The maximum Gasteiger partial charge on any atom is -0.0233 e. The van der Waals surface area contributed by atoms with Crippen molar-refractivity contribution >= 4 is 0 Å². The van der Waals surface area contributed by atoms with Crippen molar-refractivity contribution in [1.82, 2.24) is 0 Å². The summed E-state index contributed by atoms with van der Waals surface area (Å²) in [5.74, 6) is 4.08. The molecule has 0 nitrogen and oxygen atoms in total. The second kappa shape index (κ2) is 9.39. The van der Waals surface area contributed by atoms with Crippen molar-refractivity contribution < 1.29 is 0 Å². The van der Waals surface area contributed by atoms with E-state index in [2.05, 4.69) is 32.6 Å². The Hall–Kier alpha value is -0.520. The molecule has 2 saturated carbocycles. The van der Waals surface area contributed by atoms with E-state index in [0.717, 1.165) is 23.7 Å². The van der Waals surface area contributed by atoms with Gasteiger partial charge in [0, 0.05) is 0 Å². The number of hydrogen-bond donors (Lipinski definition) is 0. The first-order chi connectivity index (χ1) is 9.21. The summed E-state index contributed by atoms with van der Waals surface area (Å²) in [5, 5.41) is 0. The molecule has 19 heavy (non-hydrogen) atoms. The maximum absolute atomic E-state index is 3.36. The minimum absolute atomic E-state index is 0.906. The molecule has 2 fully saturated rings. The van der Waals surface area contributed by atoms with Gasteiger partial charge in [-0.2, -0.15) is 0 Å². The summed E-state index contributed by atoms with van der Waals surface area (Å²) in [4.78, 5) is 0. The fourth-order valence-electron chi connectivity index (χ4n) is 3.84. The van der Waals surface area contributed by atoms with Crippen molar-refractivity contribution in [3.63, 3.8) is 0 Å². The summed E-state index contributed by atoms with van der Waals surface area (Å²) in [7, 11) is 0. The molecule has 0 unspecified atom stereocenters. The average Bonchev–Trinajstić information content (AvgIpc) is 2.42.